The van der Waals surface area contributed by atoms with Gasteiger partial charge in [-0.1, -0.05) is 0 Å². The van der Waals surface area contributed by atoms with Crippen LogP contribution in [0.4, 0.5) is 0 Å². The van der Waals surface area contributed by atoms with Crippen molar-refractivity contribution in [3.8, 4) is 0 Å². The molecule has 2 aliphatic heterocycles. The molecule has 0 aromatic rings. The van der Waals surface area contributed by atoms with Gasteiger partial charge >= 0.3 is 0 Å². The topological polar surface area (TPSA) is 187 Å². The van der Waals surface area contributed by atoms with Crippen LogP contribution in [0.25, 0.3) is 0 Å². The molecule has 0 aromatic heterocycles. The Bertz CT molecular complexity index is 540. The zero-order valence-electron chi connectivity index (χ0n) is 19.7. The Kier molecular flexibility index (Phi) is 17.2. The van der Waals surface area contributed by atoms with Crippen LogP contribution in [0.3, 0.4) is 0 Å². The average molecular weight is 505 g/mol. The maximum Gasteiger partial charge on any atom is 0.294 e. The SMILES string of the molecule is N[C@@H](CCCCNC(=O)C1CCCN1)OC=O.N[C@@H](CCCCNC(=O)C1CSCN1)OC=O. The highest BCUT2D eigenvalue weighted by Gasteiger charge is 2.22. The summed E-state index contributed by atoms with van der Waals surface area (Å²) in [5.41, 5.74) is 10.9. The number of hydrogen-bond acceptors (Lipinski definition) is 11. The summed E-state index contributed by atoms with van der Waals surface area (Å²) < 4.78 is 9.10. The Hall–Kier alpha value is -1.93. The number of unbranched alkanes of at least 4 members (excludes halogenated alkanes) is 2. The van der Waals surface area contributed by atoms with Gasteiger partial charge in [0.1, 0.15) is 0 Å². The molecular formula is C21H40N6O6S. The standard InChI is InChI=1S/C11H21N3O3.C10H19N3O3S/c12-10(17-8-15)5-1-2-6-14-11(16)9-4-3-7-13-9;11-9(16-7-14)3-1-2-4-12-10(15)8-5-17-6-13-8/h8-10,13H,1-7,12H2,(H,14,16);7-9,13H,1-6,11H2,(H,12,15)/t9?,10-;8?,9-/m11/s1. The van der Waals surface area contributed by atoms with Gasteiger partial charge in [0.25, 0.3) is 12.9 Å². The number of nitrogens with one attached hydrogen (secondary N) is 4. The van der Waals surface area contributed by atoms with Crippen LogP contribution in [-0.4, -0.2) is 80.6 Å². The van der Waals surface area contributed by atoms with E-state index in [2.05, 4.69) is 30.7 Å². The minimum absolute atomic E-state index is 0.0179. The third-order valence-electron chi connectivity index (χ3n) is 5.30. The molecule has 34 heavy (non-hydrogen) atoms. The number of nitrogens with two attached hydrogens (primary N) is 2. The van der Waals surface area contributed by atoms with Crippen molar-refractivity contribution < 1.29 is 28.7 Å². The van der Waals surface area contributed by atoms with Crippen LogP contribution in [0, 0.1) is 0 Å². The maximum atomic E-state index is 11.6. The molecule has 0 bridgehead atoms. The minimum atomic E-state index is -0.531. The number of ether oxygens (including phenoxy) is 2. The molecule has 2 rings (SSSR count). The number of amides is 2. The van der Waals surface area contributed by atoms with E-state index in [0.717, 1.165) is 56.7 Å². The largest absolute Gasteiger partial charge is 0.449 e. The van der Waals surface area contributed by atoms with Crippen LogP contribution >= 0.6 is 11.8 Å². The molecule has 13 heteroatoms. The minimum Gasteiger partial charge on any atom is -0.449 e. The van der Waals surface area contributed by atoms with Crippen molar-refractivity contribution in [3.05, 3.63) is 0 Å². The van der Waals surface area contributed by atoms with Gasteiger partial charge in [-0.05, 0) is 57.9 Å². The lowest BCUT2D eigenvalue weighted by Gasteiger charge is -2.12. The van der Waals surface area contributed by atoms with Crippen molar-refractivity contribution >= 4 is 36.5 Å². The molecule has 0 aromatic carbocycles. The Morgan fingerprint density at radius 3 is 1.91 bits per heavy atom. The fraction of sp³-hybridized carbons (Fsp3) is 0.810. The van der Waals surface area contributed by atoms with Gasteiger partial charge in [0.2, 0.25) is 11.8 Å². The molecule has 0 saturated carbocycles. The van der Waals surface area contributed by atoms with Crippen LogP contribution < -0.4 is 32.7 Å². The van der Waals surface area contributed by atoms with Gasteiger partial charge in [-0.2, -0.15) is 0 Å². The summed E-state index contributed by atoms with van der Waals surface area (Å²) >= 11 is 1.73. The van der Waals surface area contributed by atoms with E-state index >= 15 is 0 Å². The number of hydrogen-bond donors (Lipinski definition) is 6. The van der Waals surface area contributed by atoms with Gasteiger partial charge in [0, 0.05) is 24.7 Å². The molecule has 0 spiro atoms. The Morgan fingerprint density at radius 1 is 0.912 bits per heavy atom. The first-order valence-corrected chi connectivity index (χ1v) is 12.9. The van der Waals surface area contributed by atoms with E-state index in [-0.39, 0.29) is 23.9 Å². The van der Waals surface area contributed by atoms with Crippen LogP contribution in [0.1, 0.15) is 51.4 Å². The lowest BCUT2D eigenvalue weighted by Crippen LogP contribution is -2.42. The van der Waals surface area contributed by atoms with Crippen LogP contribution in [0.15, 0.2) is 0 Å². The lowest BCUT2D eigenvalue weighted by molar-refractivity contribution is -0.134. The van der Waals surface area contributed by atoms with Crippen LogP contribution in [-0.2, 0) is 28.7 Å². The van der Waals surface area contributed by atoms with Crippen molar-refractivity contribution in [2.45, 2.75) is 75.9 Å². The van der Waals surface area contributed by atoms with Gasteiger partial charge < -0.3 is 25.4 Å². The van der Waals surface area contributed by atoms with Crippen molar-refractivity contribution in [3.63, 3.8) is 0 Å². The van der Waals surface area contributed by atoms with Crippen molar-refractivity contribution in [1.29, 1.82) is 0 Å². The normalized spacial score (nSPS) is 20.9. The first kappa shape index (κ1) is 30.1. The van der Waals surface area contributed by atoms with E-state index in [1.165, 1.54) is 0 Å². The summed E-state index contributed by atoms with van der Waals surface area (Å²) in [5.74, 6) is 1.82. The van der Waals surface area contributed by atoms with Crippen molar-refractivity contribution in [2.75, 3.05) is 31.3 Å². The number of rotatable bonds is 16. The molecule has 0 radical (unpaired) electrons. The predicted molar refractivity (Wildman–Crippen MR) is 129 cm³/mol. The van der Waals surface area contributed by atoms with Gasteiger partial charge in [-0.3, -0.25) is 36.0 Å². The quantitative estimate of drug-likeness (QED) is 0.0848. The fourth-order valence-electron chi connectivity index (χ4n) is 3.36. The molecule has 2 amide bonds. The Labute approximate surface area is 205 Å². The third-order valence-corrected chi connectivity index (χ3v) is 6.24. The zero-order valence-corrected chi connectivity index (χ0v) is 20.5. The molecule has 2 aliphatic rings. The maximum absolute atomic E-state index is 11.6. The second kappa shape index (κ2) is 19.4. The first-order chi connectivity index (χ1) is 16.5. The average Bonchev–Trinajstić information content (AvgIpc) is 3.54. The van der Waals surface area contributed by atoms with E-state index in [1.807, 2.05) is 0 Å². The lowest BCUT2D eigenvalue weighted by atomic mass is 10.2. The first-order valence-electron chi connectivity index (χ1n) is 11.8. The molecule has 8 N–H and O–H groups in total. The summed E-state index contributed by atoms with van der Waals surface area (Å²) in [6.45, 7) is 2.92. The third kappa shape index (κ3) is 14.4. The molecule has 2 fully saturated rings. The van der Waals surface area contributed by atoms with E-state index < -0.39 is 12.5 Å². The Balaban J connectivity index is 0.000000340. The molecule has 0 aliphatic carbocycles. The number of carbonyl (C=O) groups is 4. The summed E-state index contributed by atoms with van der Waals surface area (Å²) in [6, 6.07) is -0.0729. The highest BCUT2D eigenvalue weighted by atomic mass is 32.2. The highest BCUT2D eigenvalue weighted by Crippen LogP contribution is 2.09. The van der Waals surface area contributed by atoms with Gasteiger partial charge in [-0.15, -0.1) is 11.8 Å². The van der Waals surface area contributed by atoms with E-state index in [9.17, 15) is 19.2 Å². The molecule has 2 heterocycles. The molecule has 4 atom stereocenters. The molecule has 12 nitrogen and oxygen atoms in total. The molecule has 196 valence electrons. The van der Waals surface area contributed by atoms with E-state index in [1.54, 1.807) is 11.8 Å². The van der Waals surface area contributed by atoms with E-state index in [4.69, 9.17) is 11.5 Å². The summed E-state index contributed by atoms with van der Waals surface area (Å²) in [5, 5.41) is 12.0. The van der Waals surface area contributed by atoms with E-state index in [0.29, 0.717) is 38.9 Å². The fourth-order valence-corrected chi connectivity index (χ4v) is 4.30. The predicted octanol–water partition coefficient (Wildman–Crippen LogP) is -1.12. The van der Waals surface area contributed by atoms with Crippen LogP contribution in [0.2, 0.25) is 0 Å². The van der Waals surface area contributed by atoms with Gasteiger partial charge in [0.05, 0.1) is 12.1 Å². The van der Waals surface area contributed by atoms with Crippen molar-refractivity contribution in [2.24, 2.45) is 11.5 Å². The summed E-state index contributed by atoms with van der Waals surface area (Å²) in [6.07, 6.45) is 5.49. The second-order valence-electron chi connectivity index (χ2n) is 8.04. The second-order valence-corrected chi connectivity index (χ2v) is 9.07. The smallest absolute Gasteiger partial charge is 0.294 e. The molecule has 2 unspecified atom stereocenters. The van der Waals surface area contributed by atoms with Gasteiger partial charge in [0.15, 0.2) is 12.5 Å². The summed E-state index contributed by atoms with van der Waals surface area (Å²) in [7, 11) is 0. The van der Waals surface area contributed by atoms with Gasteiger partial charge in [-0.25, -0.2) is 0 Å². The number of carbonyl (C=O) groups excluding carboxylic acids is 4. The Morgan fingerprint density at radius 2 is 1.47 bits per heavy atom. The van der Waals surface area contributed by atoms with Crippen LogP contribution in [0.5, 0.6) is 0 Å². The zero-order chi connectivity index (χ0) is 25.0. The highest BCUT2D eigenvalue weighted by molar-refractivity contribution is 7.99. The number of thioether (sulfide) groups is 1. The monoisotopic (exact) mass is 504 g/mol. The molecule has 2 saturated heterocycles. The van der Waals surface area contributed by atoms with Crippen molar-refractivity contribution in [1.82, 2.24) is 21.3 Å². The summed E-state index contributed by atoms with van der Waals surface area (Å²) in [4.78, 5) is 43.1. The molecular weight excluding hydrogens is 464 g/mol.